The van der Waals surface area contributed by atoms with E-state index in [1.165, 1.54) is 30.2 Å². The Kier molecular flexibility index (Phi) is 6.52. The summed E-state index contributed by atoms with van der Waals surface area (Å²) in [6, 6.07) is 9.65. The number of ether oxygens (including phenoxy) is 1. The lowest BCUT2D eigenvalue weighted by Gasteiger charge is -2.12. The molecule has 0 unspecified atom stereocenters. The van der Waals surface area contributed by atoms with E-state index in [0.29, 0.717) is 10.6 Å². The zero-order valence-corrected chi connectivity index (χ0v) is 16.5. The molecule has 27 heavy (non-hydrogen) atoms. The predicted molar refractivity (Wildman–Crippen MR) is 107 cm³/mol. The molecule has 8 heteroatoms. The zero-order chi connectivity index (χ0) is 19.2. The van der Waals surface area contributed by atoms with Gasteiger partial charge in [-0.2, -0.15) is 0 Å². The van der Waals surface area contributed by atoms with Crippen molar-refractivity contribution in [3.63, 3.8) is 0 Å². The summed E-state index contributed by atoms with van der Waals surface area (Å²) < 4.78 is 4.51. The van der Waals surface area contributed by atoms with Gasteiger partial charge in [-0.15, -0.1) is 23.1 Å². The number of methoxy groups -OCH3 is 1. The first-order chi connectivity index (χ1) is 13.1. The van der Waals surface area contributed by atoms with Crippen LogP contribution in [0.1, 0.15) is 33.6 Å². The van der Waals surface area contributed by atoms with Crippen LogP contribution < -0.4 is 10.6 Å². The third-order valence-corrected chi connectivity index (χ3v) is 6.38. The lowest BCUT2D eigenvalue weighted by molar-refractivity contribution is -0.113. The van der Waals surface area contributed by atoms with Crippen LogP contribution in [0.5, 0.6) is 0 Å². The number of carbonyl (C=O) groups excluding carboxylic acids is 3. The smallest absolute Gasteiger partial charge is 0.413 e. The van der Waals surface area contributed by atoms with Crippen LogP contribution in [-0.2, 0) is 22.4 Å². The number of rotatable bonds is 5. The highest BCUT2D eigenvalue weighted by molar-refractivity contribution is 8.00. The molecule has 2 aromatic rings. The summed E-state index contributed by atoms with van der Waals surface area (Å²) in [5.74, 6) is -0.480. The number of nitrogens with one attached hydrogen (secondary N) is 2. The molecule has 0 fully saturated rings. The van der Waals surface area contributed by atoms with E-state index < -0.39 is 12.0 Å². The van der Waals surface area contributed by atoms with E-state index in [-0.39, 0.29) is 11.7 Å². The predicted octanol–water partition coefficient (Wildman–Crippen LogP) is 3.85. The van der Waals surface area contributed by atoms with E-state index in [1.807, 2.05) is 30.3 Å². The number of benzene rings is 1. The number of carbonyl (C=O) groups is 3. The van der Waals surface area contributed by atoms with Crippen LogP contribution in [0.2, 0.25) is 0 Å². The van der Waals surface area contributed by atoms with Crippen LogP contribution >= 0.6 is 23.1 Å². The van der Waals surface area contributed by atoms with Crippen molar-refractivity contribution in [3.8, 4) is 0 Å². The van der Waals surface area contributed by atoms with Crippen molar-refractivity contribution in [2.45, 2.75) is 30.6 Å². The number of thiophene rings is 1. The quantitative estimate of drug-likeness (QED) is 0.740. The molecule has 0 saturated heterocycles. The Labute approximate surface area is 165 Å². The molecule has 1 aromatic carbocycles. The van der Waals surface area contributed by atoms with Gasteiger partial charge < -0.3 is 10.1 Å². The second kappa shape index (κ2) is 9.05. The fraction of sp³-hybridized carbons (Fsp3) is 0.316. The molecule has 0 bridgehead atoms. The van der Waals surface area contributed by atoms with Crippen molar-refractivity contribution in [1.29, 1.82) is 0 Å². The number of fused-ring (bicyclic) bond motifs is 1. The molecule has 1 heterocycles. The summed E-state index contributed by atoms with van der Waals surface area (Å²) in [6.07, 6.45) is 2.88. The van der Waals surface area contributed by atoms with Gasteiger partial charge in [-0.1, -0.05) is 18.2 Å². The summed E-state index contributed by atoms with van der Waals surface area (Å²) >= 11 is 2.85. The van der Waals surface area contributed by atoms with Gasteiger partial charge in [0.1, 0.15) is 5.00 Å². The van der Waals surface area contributed by atoms with Crippen LogP contribution in [0.4, 0.5) is 9.80 Å². The number of anilines is 1. The van der Waals surface area contributed by atoms with Crippen molar-refractivity contribution >= 4 is 46.0 Å². The number of hydrogen-bond acceptors (Lipinski definition) is 6. The number of thioether (sulfide) groups is 1. The Morgan fingerprint density at radius 2 is 1.89 bits per heavy atom. The van der Waals surface area contributed by atoms with Crippen LogP contribution in [0.25, 0.3) is 0 Å². The highest BCUT2D eigenvalue weighted by Crippen LogP contribution is 2.38. The second-order valence-electron chi connectivity index (χ2n) is 6.01. The van der Waals surface area contributed by atoms with Gasteiger partial charge in [0, 0.05) is 9.77 Å². The maximum atomic E-state index is 12.6. The molecular weight excluding hydrogens is 384 g/mol. The van der Waals surface area contributed by atoms with Crippen molar-refractivity contribution < 1.29 is 19.1 Å². The Balaban J connectivity index is 1.75. The van der Waals surface area contributed by atoms with E-state index in [9.17, 15) is 14.4 Å². The molecule has 6 nitrogen and oxygen atoms in total. The van der Waals surface area contributed by atoms with Gasteiger partial charge in [0.25, 0.3) is 5.91 Å². The minimum atomic E-state index is -0.812. The Bertz CT molecular complexity index is 849. The molecule has 0 aliphatic heterocycles. The van der Waals surface area contributed by atoms with Crippen molar-refractivity contribution in [3.05, 3.63) is 46.3 Å². The fourth-order valence-corrected chi connectivity index (χ4v) is 4.95. The van der Waals surface area contributed by atoms with Crippen molar-refractivity contribution in [1.82, 2.24) is 5.32 Å². The highest BCUT2D eigenvalue weighted by atomic mass is 32.2. The molecule has 3 rings (SSSR count). The summed E-state index contributed by atoms with van der Waals surface area (Å²) in [4.78, 5) is 38.5. The monoisotopic (exact) mass is 404 g/mol. The van der Waals surface area contributed by atoms with Gasteiger partial charge in [0.05, 0.1) is 18.4 Å². The van der Waals surface area contributed by atoms with Crippen LogP contribution in [-0.4, -0.2) is 30.8 Å². The molecule has 0 saturated carbocycles. The molecule has 0 atom stereocenters. The lowest BCUT2D eigenvalue weighted by Crippen LogP contribution is -2.31. The molecular formula is C19H20N2O4S2. The van der Waals surface area contributed by atoms with Crippen molar-refractivity contribution in [2.24, 2.45) is 0 Å². The van der Waals surface area contributed by atoms with E-state index >= 15 is 0 Å². The first-order valence-electron chi connectivity index (χ1n) is 8.60. The standard InChI is InChI=1S/C19H20N2O4S2/c1-25-19(24)21-17(23)16-13-9-5-6-10-14(13)27-18(16)20-15(22)11-26-12-7-3-2-4-8-12/h2-4,7-8H,5-6,9-11H2,1H3,(H,20,22)(H,21,23,24). The van der Waals surface area contributed by atoms with E-state index in [2.05, 4.69) is 15.4 Å². The maximum Gasteiger partial charge on any atom is 0.413 e. The average molecular weight is 405 g/mol. The normalized spacial score (nSPS) is 12.8. The zero-order valence-electron chi connectivity index (χ0n) is 14.9. The largest absolute Gasteiger partial charge is 0.453 e. The molecule has 1 aliphatic carbocycles. The first-order valence-corrected chi connectivity index (χ1v) is 10.4. The van der Waals surface area contributed by atoms with Gasteiger partial charge in [0.15, 0.2) is 0 Å². The third kappa shape index (κ3) is 4.90. The minimum Gasteiger partial charge on any atom is -0.453 e. The summed E-state index contributed by atoms with van der Waals surface area (Å²) in [7, 11) is 1.20. The summed E-state index contributed by atoms with van der Waals surface area (Å²) in [6.45, 7) is 0. The molecule has 0 spiro atoms. The number of imide groups is 1. The third-order valence-electron chi connectivity index (χ3n) is 4.17. The molecule has 0 radical (unpaired) electrons. The minimum absolute atomic E-state index is 0.186. The topological polar surface area (TPSA) is 84.5 Å². The molecule has 3 amide bonds. The number of alkyl carbamates (subject to hydrolysis) is 1. The summed E-state index contributed by atoms with van der Waals surface area (Å²) in [5.41, 5.74) is 1.32. The van der Waals surface area contributed by atoms with E-state index in [1.54, 1.807) is 0 Å². The average Bonchev–Trinajstić information content (AvgIpc) is 3.04. The van der Waals surface area contributed by atoms with Gasteiger partial charge in [0.2, 0.25) is 5.91 Å². The van der Waals surface area contributed by atoms with Crippen molar-refractivity contribution in [2.75, 3.05) is 18.2 Å². The van der Waals surface area contributed by atoms with Gasteiger partial charge in [-0.25, -0.2) is 4.79 Å². The maximum absolute atomic E-state index is 12.6. The lowest BCUT2D eigenvalue weighted by atomic mass is 9.95. The SMILES string of the molecule is COC(=O)NC(=O)c1c(NC(=O)CSc2ccccc2)sc2c1CCCC2. The highest BCUT2D eigenvalue weighted by Gasteiger charge is 2.27. The Morgan fingerprint density at radius 1 is 1.15 bits per heavy atom. The number of amides is 3. The number of aryl methyl sites for hydroxylation is 1. The second-order valence-corrected chi connectivity index (χ2v) is 8.16. The van der Waals surface area contributed by atoms with E-state index in [4.69, 9.17) is 0 Å². The molecule has 142 valence electrons. The van der Waals surface area contributed by atoms with Gasteiger partial charge >= 0.3 is 6.09 Å². The first kappa shape index (κ1) is 19.4. The fourth-order valence-electron chi connectivity index (χ4n) is 2.93. The van der Waals surface area contributed by atoms with Crippen LogP contribution in [0, 0.1) is 0 Å². The van der Waals surface area contributed by atoms with Crippen LogP contribution in [0.3, 0.4) is 0 Å². The number of hydrogen-bond donors (Lipinski definition) is 2. The molecule has 1 aromatic heterocycles. The van der Waals surface area contributed by atoms with Gasteiger partial charge in [-0.3, -0.25) is 14.9 Å². The van der Waals surface area contributed by atoms with Crippen LogP contribution in [0.15, 0.2) is 35.2 Å². The summed E-state index contributed by atoms with van der Waals surface area (Å²) in [5, 5.41) is 5.56. The van der Waals surface area contributed by atoms with E-state index in [0.717, 1.165) is 41.0 Å². The Hall–Kier alpha value is -2.32. The Morgan fingerprint density at radius 3 is 2.63 bits per heavy atom. The van der Waals surface area contributed by atoms with Gasteiger partial charge in [-0.05, 0) is 43.4 Å². The molecule has 2 N–H and O–H groups in total. The molecule has 1 aliphatic rings.